The van der Waals surface area contributed by atoms with Crippen LogP contribution in [0, 0.1) is 18.3 Å². The van der Waals surface area contributed by atoms with Gasteiger partial charge in [0, 0.05) is 38.3 Å². The summed E-state index contributed by atoms with van der Waals surface area (Å²) in [6.45, 7) is 7.89. The van der Waals surface area contributed by atoms with Crippen molar-refractivity contribution in [3.8, 4) is 11.8 Å². The number of pyridine rings is 1. The molecule has 1 amide bonds. The number of nitrogens with zero attached hydrogens (tertiary/aromatic N) is 5. The second-order valence-electron chi connectivity index (χ2n) is 9.21. The van der Waals surface area contributed by atoms with Gasteiger partial charge >= 0.3 is 0 Å². The van der Waals surface area contributed by atoms with Gasteiger partial charge in [-0.1, -0.05) is 43.0 Å². The number of carbonyl (C=O) groups excluding carboxylic acids is 1. The first-order chi connectivity index (χ1) is 17.8. The molecule has 0 aliphatic carbocycles. The lowest BCUT2D eigenvalue weighted by molar-refractivity contribution is -0.122. The molecule has 1 aromatic heterocycles. The number of rotatable bonds is 7. The number of thiocarbonyl (C=S) groups is 1. The molecule has 0 N–H and O–H groups in total. The number of aromatic nitrogens is 1. The standard InChI is InChI=1S/C27H31N5O3S2/c1-5-10-31-24(30-13-11-29(3)12-14-30)21(18(2)22(16-28)25(31)33)15-23-26(34)32(27(36)37-23)17-19-6-8-20(35-4)9-7-19/h6-9,15H,5,10-14,17H2,1-4H3/b23-15+. The summed E-state index contributed by atoms with van der Waals surface area (Å²) in [7, 11) is 3.69. The van der Waals surface area contributed by atoms with Crippen LogP contribution in [-0.4, -0.2) is 64.9 Å². The van der Waals surface area contributed by atoms with E-state index in [1.165, 1.54) is 11.8 Å². The molecule has 0 bridgehead atoms. The van der Waals surface area contributed by atoms with Crippen LogP contribution < -0.4 is 15.2 Å². The number of ether oxygens (including phenoxy) is 1. The average Bonchev–Trinajstić information content (AvgIpc) is 3.16. The number of likely N-dealkylation sites (N-methyl/N-ethyl adjacent to an activating group) is 1. The Morgan fingerprint density at radius 3 is 2.43 bits per heavy atom. The first kappa shape index (κ1) is 26.9. The third-order valence-corrected chi connectivity index (χ3v) is 8.12. The predicted octanol–water partition coefficient (Wildman–Crippen LogP) is 3.60. The van der Waals surface area contributed by atoms with Crippen LogP contribution in [0.3, 0.4) is 0 Å². The van der Waals surface area contributed by atoms with Gasteiger partial charge in [0.15, 0.2) is 0 Å². The first-order valence-corrected chi connectivity index (χ1v) is 13.5. The normalized spacial score (nSPS) is 17.5. The van der Waals surface area contributed by atoms with Crippen molar-refractivity contribution in [2.24, 2.45) is 0 Å². The Kier molecular flexibility index (Phi) is 8.37. The second kappa shape index (κ2) is 11.5. The van der Waals surface area contributed by atoms with E-state index in [1.807, 2.05) is 37.3 Å². The molecule has 2 fully saturated rings. The molecule has 4 rings (SSSR count). The van der Waals surface area contributed by atoms with Crippen molar-refractivity contribution in [3.63, 3.8) is 0 Å². The molecule has 2 aliphatic rings. The molecular weight excluding hydrogens is 506 g/mol. The highest BCUT2D eigenvalue weighted by atomic mass is 32.2. The molecule has 1 aromatic carbocycles. The van der Waals surface area contributed by atoms with Gasteiger partial charge in [0.2, 0.25) is 0 Å². The molecule has 0 atom stereocenters. The van der Waals surface area contributed by atoms with Gasteiger partial charge in [0.1, 0.15) is 27.5 Å². The number of piperazine rings is 1. The number of thioether (sulfide) groups is 1. The molecule has 2 aliphatic heterocycles. The Bertz CT molecular complexity index is 1340. The van der Waals surface area contributed by atoms with Crippen LogP contribution in [0.4, 0.5) is 5.82 Å². The summed E-state index contributed by atoms with van der Waals surface area (Å²) >= 11 is 6.83. The topological polar surface area (TPSA) is 81.8 Å². The number of hydrogen-bond acceptors (Lipinski definition) is 8. The Hall–Kier alpha value is -3.13. The van der Waals surface area contributed by atoms with Gasteiger partial charge in [0.25, 0.3) is 11.5 Å². The van der Waals surface area contributed by atoms with E-state index in [2.05, 4.69) is 22.9 Å². The van der Waals surface area contributed by atoms with E-state index in [0.717, 1.165) is 55.3 Å². The lowest BCUT2D eigenvalue weighted by Gasteiger charge is -2.36. The van der Waals surface area contributed by atoms with Crippen molar-refractivity contribution < 1.29 is 9.53 Å². The number of anilines is 1. The summed E-state index contributed by atoms with van der Waals surface area (Å²) in [5.41, 5.74) is 2.11. The predicted molar refractivity (Wildman–Crippen MR) is 152 cm³/mol. The zero-order valence-electron chi connectivity index (χ0n) is 21.6. The highest BCUT2D eigenvalue weighted by molar-refractivity contribution is 8.26. The van der Waals surface area contributed by atoms with E-state index in [1.54, 1.807) is 23.5 Å². The number of carbonyl (C=O) groups is 1. The van der Waals surface area contributed by atoms with Crippen LogP contribution >= 0.6 is 24.0 Å². The van der Waals surface area contributed by atoms with Crippen molar-refractivity contribution in [3.05, 3.63) is 61.8 Å². The van der Waals surface area contributed by atoms with E-state index < -0.39 is 0 Å². The summed E-state index contributed by atoms with van der Waals surface area (Å²) in [6.07, 6.45) is 2.57. The molecule has 0 radical (unpaired) electrons. The highest BCUT2D eigenvalue weighted by Gasteiger charge is 2.33. The van der Waals surface area contributed by atoms with Crippen molar-refractivity contribution in [2.45, 2.75) is 33.4 Å². The first-order valence-electron chi connectivity index (χ1n) is 12.3. The molecule has 3 heterocycles. The molecule has 0 unspecified atom stereocenters. The van der Waals surface area contributed by atoms with Crippen molar-refractivity contribution >= 4 is 46.1 Å². The monoisotopic (exact) mass is 537 g/mol. The van der Waals surface area contributed by atoms with E-state index in [0.29, 0.717) is 27.9 Å². The minimum Gasteiger partial charge on any atom is -0.497 e. The Balaban J connectivity index is 1.77. The van der Waals surface area contributed by atoms with Crippen LogP contribution in [0.15, 0.2) is 34.0 Å². The molecule has 0 spiro atoms. The molecule has 8 nitrogen and oxygen atoms in total. The van der Waals surface area contributed by atoms with Gasteiger partial charge in [-0.25, -0.2) is 0 Å². The van der Waals surface area contributed by atoms with E-state index in [-0.39, 0.29) is 17.0 Å². The third-order valence-electron chi connectivity index (χ3n) is 6.75. The van der Waals surface area contributed by atoms with E-state index >= 15 is 0 Å². The Morgan fingerprint density at radius 1 is 1.16 bits per heavy atom. The average molecular weight is 538 g/mol. The molecule has 10 heteroatoms. The number of nitriles is 1. The maximum Gasteiger partial charge on any atom is 0.270 e. The fourth-order valence-corrected chi connectivity index (χ4v) is 5.85. The molecule has 2 saturated heterocycles. The number of amides is 1. The van der Waals surface area contributed by atoms with Gasteiger partial charge in [0.05, 0.1) is 18.6 Å². The summed E-state index contributed by atoms with van der Waals surface area (Å²) in [4.78, 5) is 33.3. The van der Waals surface area contributed by atoms with Crippen LogP contribution in [0.25, 0.3) is 6.08 Å². The summed E-state index contributed by atoms with van der Waals surface area (Å²) in [5.74, 6) is 1.34. The van der Waals surface area contributed by atoms with Gasteiger partial charge < -0.3 is 14.5 Å². The summed E-state index contributed by atoms with van der Waals surface area (Å²) < 4.78 is 7.41. The van der Waals surface area contributed by atoms with E-state index in [9.17, 15) is 14.9 Å². The zero-order valence-corrected chi connectivity index (χ0v) is 23.2. The zero-order chi connectivity index (χ0) is 26.7. The number of methoxy groups -OCH3 is 1. The largest absolute Gasteiger partial charge is 0.497 e. The Labute approximate surface area is 227 Å². The summed E-state index contributed by atoms with van der Waals surface area (Å²) in [5, 5.41) is 9.84. The fourth-order valence-electron chi connectivity index (χ4n) is 4.62. The lowest BCUT2D eigenvalue weighted by atomic mass is 10.0. The molecule has 194 valence electrons. The van der Waals surface area contributed by atoms with Crippen molar-refractivity contribution in [2.75, 3.05) is 45.2 Å². The molecule has 37 heavy (non-hydrogen) atoms. The van der Waals surface area contributed by atoms with Gasteiger partial charge in [-0.05, 0) is 49.7 Å². The fraction of sp³-hybridized carbons (Fsp3) is 0.407. The van der Waals surface area contributed by atoms with E-state index in [4.69, 9.17) is 17.0 Å². The van der Waals surface area contributed by atoms with Crippen molar-refractivity contribution in [1.29, 1.82) is 5.26 Å². The van der Waals surface area contributed by atoms with Crippen LogP contribution in [0.1, 0.15) is 35.6 Å². The minimum atomic E-state index is -0.278. The maximum atomic E-state index is 13.5. The van der Waals surface area contributed by atoms with Crippen LogP contribution in [0.2, 0.25) is 0 Å². The van der Waals surface area contributed by atoms with Crippen molar-refractivity contribution in [1.82, 2.24) is 14.4 Å². The Morgan fingerprint density at radius 2 is 1.84 bits per heavy atom. The smallest absolute Gasteiger partial charge is 0.270 e. The quantitative estimate of drug-likeness (QED) is 0.392. The van der Waals surface area contributed by atoms with Gasteiger partial charge in [-0.2, -0.15) is 5.26 Å². The number of benzene rings is 1. The molecule has 2 aromatic rings. The van der Waals surface area contributed by atoms with Gasteiger partial charge in [-0.3, -0.25) is 19.1 Å². The molecule has 0 saturated carbocycles. The third kappa shape index (κ3) is 5.44. The second-order valence-corrected chi connectivity index (χ2v) is 10.9. The highest BCUT2D eigenvalue weighted by Crippen LogP contribution is 2.37. The SMILES string of the molecule is CCCn1c(N2CCN(C)CC2)c(/C=C2/SC(=S)N(Cc3ccc(OC)cc3)C2=O)c(C)c(C#N)c1=O. The minimum absolute atomic E-state index is 0.117. The van der Waals surface area contributed by atoms with Crippen LogP contribution in [-0.2, 0) is 17.9 Å². The maximum absolute atomic E-state index is 13.5. The summed E-state index contributed by atoms with van der Waals surface area (Å²) in [6, 6.07) is 9.65. The van der Waals surface area contributed by atoms with Gasteiger partial charge in [-0.15, -0.1) is 0 Å². The molecular formula is C27H31N5O3S2. The number of hydrogen-bond donors (Lipinski definition) is 0. The lowest BCUT2D eigenvalue weighted by Crippen LogP contribution is -2.47. The van der Waals surface area contributed by atoms with Crippen LogP contribution in [0.5, 0.6) is 5.75 Å².